The second-order valence-electron chi connectivity index (χ2n) is 6.94. The summed E-state index contributed by atoms with van der Waals surface area (Å²) >= 11 is 0. The number of carbonyl (C=O) groups excluding carboxylic acids is 1. The number of hydrogen-bond acceptors (Lipinski definition) is 4. The number of carbonyl (C=O) groups is 1. The largest absolute Gasteiger partial charge is 0.497 e. The Morgan fingerprint density at radius 2 is 1.92 bits per heavy atom. The molecule has 0 saturated carbocycles. The summed E-state index contributed by atoms with van der Waals surface area (Å²) in [4.78, 5) is 11.8. The molecule has 2 aromatic carbocycles. The molecule has 0 spiro atoms. The van der Waals surface area contributed by atoms with Crippen molar-refractivity contribution in [1.29, 1.82) is 0 Å². The number of nitrogens with one attached hydrogen (secondary N) is 1. The highest BCUT2D eigenvalue weighted by molar-refractivity contribution is 5.95. The van der Waals surface area contributed by atoms with Gasteiger partial charge in [-0.2, -0.15) is 0 Å². The molecule has 4 nitrogen and oxygen atoms in total. The van der Waals surface area contributed by atoms with E-state index in [4.69, 9.17) is 9.47 Å². The van der Waals surface area contributed by atoms with Gasteiger partial charge in [-0.05, 0) is 61.2 Å². The number of benzene rings is 2. The van der Waals surface area contributed by atoms with Gasteiger partial charge in [0.05, 0.1) is 20.3 Å². The Hall–Kier alpha value is -2.75. The second-order valence-corrected chi connectivity index (χ2v) is 6.94. The van der Waals surface area contributed by atoms with Crippen LogP contribution in [0.3, 0.4) is 0 Å². The SMILES string of the molecule is COc1ccc(OC)c([C@@H]2Nc3ccc(C(C)=O)cc3[C@@H]3C=CC[C@@H]32)c1. The topological polar surface area (TPSA) is 47.6 Å². The summed E-state index contributed by atoms with van der Waals surface area (Å²) in [6.45, 7) is 1.61. The van der Waals surface area contributed by atoms with Crippen molar-refractivity contribution >= 4 is 11.5 Å². The molecule has 4 rings (SSSR count). The average molecular weight is 349 g/mol. The Bertz CT molecular complexity index is 887. The Morgan fingerprint density at radius 3 is 2.65 bits per heavy atom. The molecule has 134 valence electrons. The molecule has 0 amide bonds. The number of rotatable bonds is 4. The van der Waals surface area contributed by atoms with E-state index in [1.165, 1.54) is 5.56 Å². The zero-order chi connectivity index (χ0) is 18.3. The molecule has 3 atom stereocenters. The molecule has 26 heavy (non-hydrogen) atoms. The number of ketones is 1. The molecule has 0 aromatic heterocycles. The fraction of sp³-hybridized carbons (Fsp3) is 0.318. The van der Waals surface area contributed by atoms with Crippen molar-refractivity contribution in [2.75, 3.05) is 19.5 Å². The third kappa shape index (κ3) is 2.66. The highest BCUT2D eigenvalue weighted by atomic mass is 16.5. The molecule has 0 saturated heterocycles. The molecule has 1 aliphatic carbocycles. The zero-order valence-corrected chi connectivity index (χ0v) is 15.3. The third-order valence-corrected chi connectivity index (χ3v) is 5.54. The Morgan fingerprint density at radius 1 is 1.08 bits per heavy atom. The van der Waals surface area contributed by atoms with Crippen LogP contribution in [0.1, 0.15) is 46.8 Å². The predicted octanol–water partition coefficient (Wildman–Crippen LogP) is 4.73. The van der Waals surface area contributed by atoms with Crippen molar-refractivity contribution < 1.29 is 14.3 Å². The molecule has 1 N–H and O–H groups in total. The van der Waals surface area contributed by atoms with Crippen LogP contribution in [0.4, 0.5) is 5.69 Å². The van der Waals surface area contributed by atoms with E-state index in [2.05, 4.69) is 23.5 Å². The minimum absolute atomic E-state index is 0.0999. The predicted molar refractivity (Wildman–Crippen MR) is 102 cm³/mol. The summed E-state index contributed by atoms with van der Waals surface area (Å²) in [5.74, 6) is 2.46. The lowest BCUT2D eigenvalue weighted by Gasteiger charge is -2.38. The van der Waals surface area contributed by atoms with E-state index in [0.29, 0.717) is 11.8 Å². The van der Waals surface area contributed by atoms with Crippen molar-refractivity contribution in [1.82, 2.24) is 0 Å². The van der Waals surface area contributed by atoms with Crippen LogP contribution in [0.5, 0.6) is 11.5 Å². The molecular formula is C22H23NO3. The summed E-state index contributed by atoms with van der Waals surface area (Å²) < 4.78 is 11.1. The fourth-order valence-corrected chi connectivity index (χ4v) is 4.20. The second kappa shape index (κ2) is 6.52. The smallest absolute Gasteiger partial charge is 0.159 e. The van der Waals surface area contributed by atoms with Crippen molar-refractivity contribution in [3.63, 3.8) is 0 Å². The summed E-state index contributed by atoms with van der Waals surface area (Å²) in [5.41, 5.74) is 4.15. The van der Waals surface area contributed by atoms with E-state index < -0.39 is 0 Å². The van der Waals surface area contributed by atoms with Gasteiger partial charge in [-0.25, -0.2) is 0 Å². The minimum Gasteiger partial charge on any atom is -0.497 e. The molecule has 1 heterocycles. The molecule has 1 aliphatic heterocycles. The van der Waals surface area contributed by atoms with Gasteiger partial charge in [0.25, 0.3) is 0 Å². The van der Waals surface area contributed by atoms with Gasteiger partial charge >= 0.3 is 0 Å². The van der Waals surface area contributed by atoms with Crippen LogP contribution in [-0.4, -0.2) is 20.0 Å². The van der Waals surface area contributed by atoms with Crippen LogP contribution in [0.2, 0.25) is 0 Å². The van der Waals surface area contributed by atoms with Gasteiger partial charge in [-0.15, -0.1) is 0 Å². The lowest BCUT2D eigenvalue weighted by Crippen LogP contribution is -2.29. The molecule has 0 radical (unpaired) electrons. The first-order valence-corrected chi connectivity index (χ1v) is 8.92. The number of ether oxygens (including phenoxy) is 2. The molecule has 0 unspecified atom stereocenters. The summed E-state index contributed by atoms with van der Waals surface area (Å²) in [5, 5.41) is 3.69. The first-order valence-electron chi connectivity index (χ1n) is 8.92. The van der Waals surface area contributed by atoms with Gasteiger partial charge in [0.15, 0.2) is 5.78 Å². The Labute approximate surface area is 153 Å². The highest BCUT2D eigenvalue weighted by Crippen LogP contribution is 2.51. The minimum atomic E-state index is 0.0999. The number of anilines is 1. The fourth-order valence-electron chi connectivity index (χ4n) is 4.20. The number of fused-ring (bicyclic) bond motifs is 3. The standard InChI is InChI=1S/C22H23NO3/c1-13(24)14-7-9-20-18(11-14)16-5-4-6-17(16)22(23-20)19-12-15(25-2)8-10-21(19)26-3/h4-5,7-12,16-17,22-23H,6H2,1-3H3/t16-,17+,22-/m1/s1. The van der Waals surface area contributed by atoms with E-state index in [1.807, 2.05) is 30.3 Å². The van der Waals surface area contributed by atoms with Gasteiger partial charge in [-0.3, -0.25) is 4.79 Å². The van der Waals surface area contributed by atoms with Gasteiger partial charge in [0.2, 0.25) is 0 Å². The van der Waals surface area contributed by atoms with Crippen LogP contribution in [0.15, 0.2) is 48.6 Å². The van der Waals surface area contributed by atoms with Gasteiger partial charge in [0, 0.05) is 22.7 Å². The van der Waals surface area contributed by atoms with Crippen LogP contribution in [0.25, 0.3) is 0 Å². The number of methoxy groups -OCH3 is 2. The van der Waals surface area contributed by atoms with E-state index in [0.717, 1.165) is 34.7 Å². The maximum atomic E-state index is 11.8. The summed E-state index contributed by atoms with van der Waals surface area (Å²) in [6, 6.07) is 12.0. The van der Waals surface area contributed by atoms with Crippen molar-refractivity contribution in [2.24, 2.45) is 5.92 Å². The van der Waals surface area contributed by atoms with Gasteiger partial charge in [0.1, 0.15) is 11.5 Å². The lowest BCUT2D eigenvalue weighted by molar-refractivity contribution is 0.101. The summed E-state index contributed by atoms with van der Waals surface area (Å²) in [7, 11) is 3.38. The zero-order valence-electron chi connectivity index (χ0n) is 15.3. The van der Waals surface area contributed by atoms with E-state index in [-0.39, 0.29) is 11.8 Å². The quantitative estimate of drug-likeness (QED) is 0.640. The number of hydrogen-bond donors (Lipinski definition) is 1. The monoisotopic (exact) mass is 349 g/mol. The van der Waals surface area contributed by atoms with Crippen molar-refractivity contribution in [3.05, 3.63) is 65.2 Å². The van der Waals surface area contributed by atoms with Crippen LogP contribution >= 0.6 is 0 Å². The van der Waals surface area contributed by atoms with E-state index in [9.17, 15) is 4.79 Å². The Kier molecular flexibility index (Phi) is 4.19. The van der Waals surface area contributed by atoms with Crippen LogP contribution in [-0.2, 0) is 0 Å². The first kappa shape index (κ1) is 16.7. The maximum absolute atomic E-state index is 11.8. The van der Waals surface area contributed by atoms with Gasteiger partial charge < -0.3 is 14.8 Å². The lowest BCUT2D eigenvalue weighted by atomic mass is 9.76. The maximum Gasteiger partial charge on any atom is 0.159 e. The van der Waals surface area contributed by atoms with Crippen LogP contribution in [0, 0.1) is 5.92 Å². The van der Waals surface area contributed by atoms with Crippen LogP contribution < -0.4 is 14.8 Å². The average Bonchev–Trinajstić information content (AvgIpc) is 3.16. The molecule has 0 fully saturated rings. The summed E-state index contributed by atoms with van der Waals surface area (Å²) in [6.07, 6.45) is 5.51. The van der Waals surface area contributed by atoms with Crippen molar-refractivity contribution in [3.8, 4) is 11.5 Å². The number of Topliss-reactive ketones (excluding diaryl/α,β-unsaturated/α-hetero) is 1. The molecule has 2 aliphatic rings. The molecular weight excluding hydrogens is 326 g/mol. The van der Waals surface area contributed by atoms with Crippen molar-refractivity contribution in [2.45, 2.75) is 25.3 Å². The van der Waals surface area contributed by atoms with Gasteiger partial charge in [-0.1, -0.05) is 12.2 Å². The normalized spacial score (nSPS) is 23.0. The Balaban J connectivity index is 1.80. The third-order valence-electron chi connectivity index (χ3n) is 5.54. The van der Waals surface area contributed by atoms with E-state index >= 15 is 0 Å². The molecule has 0 bridgehead atoms. The molecule has 4 heteroatoms. The highest BCUT2D eigenvalue weighted by Gasteiger charge is 2.39. The van der Waals surface area contributed by atoms with E-state index in [1.54, 1.807) is 21.1 Å². The molecule has 2 aromatic rings. The number of allylic oxidation sites excluding steroid dienone is 2. The first-order chi connectivity index (χ1) is 12.6.